The minimum absolute atomic E-state index is 0. The molecule has 0 atom stereocenters. The van der Waals surface area contributed by atoms with Crippen LogP contribution in [0.15, 0.2) is 12.2 Å². The van der Waals surface area contributed by atoms with Crippen molar-refractivity contribution in [3.63, 3.8) is 0 Å². The molecule has 0 saturated heterocycles. The zero-order chi connectivity index (χ0) is 9.45. The van der Waals surface area contributed by atoms with Crippen LogP contribution in [-0.4, -0.2) is 8.07 Å². The second kappa shape index (κ2) is 10.1. The normalized spacial score (nSPS) is 11.7. The summed E-state index contributed by atoms with van der Waals surface area (Å²) in [5.74, 6) is 0. The molecule has 0 bridgehead atoms. The van der Waals surface area contributed by atoms with Crippen LogP contribution in [0.3, 0.4) is 0 Å². The fourth-order valence-corrected chi connectivity index (χ4v) is 1.68. The number of allylic oxidation sites excluding steroid dienone is 2. The SMILES string of the molecule is CCCCC/C=C/[CH][Si](C)(C)C.[K+]. The summed E-state index contributed by atoms with van der Waals surface area (Å²) in [6.45, 7) is 9.34. The first-order valence-corrected chi connectivity index (χ1v) is 8.65. The molecular weight excluding hydrogens is 199 g/mol. The smallest absolute Gasteiger partial charge is 0.0885 e. The number of hydrogen-bond acceptors (Lipinski definition) is 0. The molecular formula is C11H23KSi+. The maximum atomic E-state index is 2.40. The molecule has 0 amide bonds. The van der Waals surface area contributed by atoms with Gasteiger partial charge < -0.3 is 0 Å². The van der Waals surface area contributed by atoms with Gasteiger partial charge in [0.1, 0.15) is 0 Å². The van der Waals surface area contributed by atoms with Gasteiger partial charge in [-0.05, 0) is 18.9 Å². The monoisotopic (exact) mass is 222 g/mol. The first-order valence-electron chi connectivity index (χ1n) is 5.07. The van der Waals surface area contributed by atoms with Gasteiger partial charge in [-0.25, -0.2) is 0 Å². The van der Waals surface area contributed by atoms with Crippen molar-refractivity contribution in [3.05, 3.63) is 18.2 Å². The molecule has 0 aromatic carbocycles. The van der Waals surface area contributed by atoms with Gasteiger partial charge in [-0.3, -0.25) is 0 Å². The van der Waals surface area contributed by atoms with E-state index in [4.69, 9.17) is 0 Å². The molecule has 0 rings (SSSR count). The van der Waals surface area contributed by atoms with E-state index in [-0.39, 0.29) is 51.4 Å². The van der Waals surface area contributed by atoms with E-state index in [1.807, 2.05) is 0 Å². The van der Waals surface area contributed by atoms with E-state index in [1.54, 1.807) is 0 Å². The van der Waals surface area contributed by atoms with E-state index in [0.717, 1.165) is 0 Å². The predicted molar refractivity (Wildman–Crippen MR) is 60.9 cm³/mol. The molecule has 0 saturated carbocycles. The molecule has 0 heterocycles. The molecule has 0 aliphatic heterocycles. The Morgan fingerprint density at radius 2 is 1.69 bits per heavy atom. The van der Waals surface area contributed by atoms with Gasteiger partial charge in [0.05, 0.1) is 8.07 Å². The van der Waals surface area contributed by atoms with Crippen LogP contribution in [0.2, 0.25) is 19.6 Å². The Kier molecular flexibility index (Phi) is 13.2. The van der Waals surface area contributed by atoms with Gasteiger partial charge in [-0.1, -0.05) is 51.6 Å². The number of rotatable bonds is 6. The van der Waals surface area contributed by atoms with E-state index in [9.17, 15) is 0 Å². The third kappa shape index (κ3) is 16.3. The maximum absolute atomic E-state index is 2.40. The summed E-state index contributed by atoms with van der Waals surface area (Å²) >= 11 is 0. The zero-order valence-electron chi connectivity index (χ0n) is 10.1. The van der Waals surface area contributed by atoms with E-state index >= 15 is 0 Å². The van der Waals surface area contributed by atoms with Crippen molar-refractivity contribution < 1.29 is 51.4 Å². The topological polar surface area (TPSA) is 0 Å². The van der Waals surface area contributed by atoms with Gasteiger partial charge in [0.2, 0.25) is 0 Å². The number of unbranched alkanes of at least 4 members (excludes halogenated alkanes) is 3. The van der Waals surface area contributed by atoms with Gasteiger partial charge in [0.25, 0.3) is 0 Å². The average molecular weight is 222 g/mol. The predicted octanol–water partition coefficient (Wildman–Crippen LogP) is 1.21. The summed E-state index contributed by atoms with van der Waals surface area (Å²) in [4.78, 5) is 0. The van der Waals surface area contributed by atoms with Crippen molar-refractivity contribution in [2.24, 2.45) is 0 Å². The molecule has 0 aromatic rings. The molecule has 0 spiro atoms. The molecule has 0 nitrogen and oxygen atoms in total. The first kappa shape index (κ1) is 17.0. The van der Waals surface area contributed by atoms with Crippen molar-refractivity contribution in [1.82, 2.24) is 0 Å². The number of hydrogen-bond donors (Lipinski definition) is 0. The van der Waals surface area contributed by atoms with Crippen LogP contribution < -0.4 is 51.4 Å². The van der Waals surface area contributed by atoms with Crippen molar-refractivity contribution in [1.29, 1.82) is 0 Å². The van der Waals surface area contributed by atoms with Crippen LogP contribution in [0, 0.1) is 6.04 Å². The molecule has 0 aliphatic rings. The molecule has 0 aliphatic carbocycles. The van der Waals surface area contributed by atoms with Crippen LogP contribution in [0.25, 0.3) is 0 Å². The Labute approximate surface area is 128 Å². The van der Waals surface area contributed by atoms with E-state index in [0.29, 0.717) is 0 Å². The largest absolute Gasteiger partial charge is 1.00 e. The quantitative estimate of drug-likeness (QED) is 0.468. The maximum Gasteiger partial charge on any atom is 1.00 e. The summed E-state index contributed by atoms with van der Waals surface area (Å²) in [6.07, 6.45) is 9.89. The standard InChI is InChI=1S/C11H23Si.K/c1-5-6-7-8-9-10-11-12(2,3)4;/h9-11H,5-8H2,1-4H3;/q;+1/b10-9+;. The van der Waals surface area contributed by atoms with E-state index in [1.165, 1.54) is 25.7 Å². The van der Waals surface area contributed by atoms with Crippen molar-refractivity contribution >= 4 is 8.07 Å². The second-order valence-electron chi connectivity index (χ2n) is 4.46. The Balaban J connectivity index is 0. The Morgan fingerprint density at radius 1 is 1.08 bits per heavy atom. The summed E-state index contributed by atoms with van der Waals surface area (Å²) in [5.41, 5.74) is 0. The molecule has 0 fully saturated rings. The van der Waals surface area contributed by atoms with Gasteiger partial charge in [0.15, 0.2) is 0 Å². The fourth-order valence-electron chi connectivity index (χ4n) is 0.965. The van der Waals surface area contributed by atoms with Crippen LogP contribution >= 0.6 is 0 Å². The average Bonchev–Trinajstić information content (AvgIpc) is 1.94. The van der Waals surface area contributed by atoms with Crippen molar-refractivity contribution in [2.75, 3.05) is 0 Å². The third-order valence-electron chi connectivity index (χ3n) is 1.71. The molecule has 0 aromatic heterocycles. The summed E-state index contributed by atoms with van der Waals surface area (Å²) < 4.78 is 0. The fraction of sp³-hybridized carbons (Fsp3) is 0.727. The van der Waals surface area contributed by atoms with Gasteiger partial charge >= 0.3 is 51.4 Å². The molecule has 0 unspecified atom stereocenters. The second-order valence-corrected chi connectivity index (χ2v) is 9.52. The molecule has 13 heavy (non-hydrogen) atoms. The van der Waals surface area contributed by atoms with Crippen molar-refractivity contribution in [3.8, 4) is 0 Å². The minimum Gasteiger partial charge on any atom is -0.0885 e. The zero-order valence-corrected chi connectivity index (χ0v) is 14.2. The first-order chi connectivity index (χ1) is 5.56. The molecule has 2 heteroatoms. The molecule has 1 radical (unpaired) electrons. The summed E-state index contributed by atoms with van der Waals surface area (Å²) in [5, 5.41) is 0. The molecule has 0 N–H and O–H groups in total. The molecule has 71 valence electrons. The van der Waals surface area contributed by atoms with E-state index in [2.05, 4.69) is 44.8 Å². The van der Waals surface area contributed by atoms with Crippen LogP contribution in [-0.2, 0) is 0 Å². The summed E-state index contributed by atoms with van der Waals surface area (Å²) in [6, 6.07) is 2.40. The Morgan fingerprint density at radius 3 is 2.15 bits per heavy atom. The minimum atomic E-state index is -0.938. The van der Waals surface area contributed by atoms with Gasteiger partial charge in [-0.15, -0.1) is 0 Å². The van der Waals surface area contributed by atoms with Gasteiger partial charge in [-0.2, -0.15) is 0 Å². The van der Waals surface area contributed by atoms with Crippen LogP contribution in [0.1, 0.15) is 32.6 Å². The Hall–Kier alpha value is 1.59. The van der Waals surface area contributed by atoms with Crippen molar-refractivity contribution in [2.45, 2.75) is 52.2 Å². The van der Waals surface area contributed by atoms with Crippen LogP contribution in [0.5, 0.6) is 0 Å². The van der Waals surface area contributed by atoms with Crippen LogP contribution in [0.4, 0.5) is 0 Å². The third-order valence-corrected chi connectivity index (χ3v) is 2.90. The summed E-state index contributed by atoms with van der Waals surface area (Å²) in [7, 11) is -0.938. The Bertz CT molecular complexity index is 125. The van der Waals surface area contributed by atoms with E-state index < -0.39 is 8.07 Å². The van der Waals surface area contributed by atoms with Gasteiger partial charge in [0, 0.05) is 0 Å².